The summed E-state index contributed by atoms with van der Waals surface area (Å²) in [5.74, 6) is 0.845. The second-order valence-corrected chi connectivity index (χ2v) is 3.32. The Bertz CT molecular complexity index is 76.9. The van der Waals surface area contributed by atoms with Gasteiger partial charge in [-0.15, -0.1) is 0 Å². The second kappa shape index (κ2) is 3.18. The molecule has 0 aliphatic heterocycles. The van der Waals surface area contributed by atoms with Crippen LogP contribution in [-0.2, 0) is 0 Å². The summed E-state index contributed by atoms with van der Waals surface area (Å²) >= 11 is 4.05. The fourth-order valence-corrected chi connectivity index (χ4v) is 0.512. The van der Waals surface area contributed by atoms with Crippen LogP contribution in [0.4, 0.5) is 0 Å². The molecule has 1 heteroatoms. The first-order valence-electron chi connectivity index (χ1n) is 2.85. The summed E-state index contributed by atoms with van der Waals surface area (Å²) in [5, 5.41) is 0. The molecule has 0 amide bonds. The summed E-state index contributed by atoms with van der Waals surface area (Å²) in [5.41, 5.74) is 0.322. The van der Waals surface area contributed by atoms with E-state index in [0.29, 0.717) is 5.41 Å². The van der Waals surface area contributed by atoms with Gasteiger partial charge in [0.2, 0.25) is 0 Å². The molecule has 0 aliphatic carbocycles. The third-order valence-electron chi connectivity index (χ3n) is 0.723. The molecular formula is C7H14S. The van der Waals surface area contributed by atoms with Gasteiger partial charge in [0.1, 0.15) is 0 Å². The highest BCUT2D eigenvalue weighted by Gasteiger charge is 2.01. The number of hydrogen-bond acceptors (Lipinski definition) is 1. The second-order valence-electron chi connectivity index (χ2n) is 2.95. The van der Waals surface area contributed by atoms with Crippen molar-refractivity contribution in [2.45, 2.75) is 20.8 Å². The minimum atomic E-state index is 0.322. The van der Waals surface area contributed by atoms with Gasteiger partial charge in [0.05, 0.1) is 0 Å². The summed E-state index contributed by atoms with van der Waals surface area (Å²) < 4.78 is 0. The van der Waals surface area contributed by atoms with Gasteiger partial charge in [0, 0.05) is 5.75 Å². The maximum atomic E-state index is 4.05. The van der Waals surface area contributed by atoms with Gasteiger partial charge in [0.15, 0.2) is 0 Å². The van der Waals surface area contributed by atoms with Gasteiger partial charge < -0.3 is 0 Å². The molecule has 0 N–H and O–H groups in total. The highest BCUT2D eigenvalue weighted by molar-refractivity contribution is 7.80. The molecule has 0 aromatic rings. The normalized spacial score (nSPS) is 13.0. The first-order chi connectivity index (χ1) is 3.56. The smallest absolute Gasteiger partial charge is 0.00827 e. The first-order valence-corrected chi connectivity index (χ1v) is 3.48. The van der Waals surface area contributed by atoms with Crippen LogP contribution < -0.4 is 0 Å². The number of thiol groups is 1. The summed E-state index contributed by atoms with van der Waals surface area (Å²) in [7, 11) is 0. The third-order valence-corrected chi connectivity index (χ3v) is 0.934. The van der Waals surface area contributed by atoms with E-state index >= 15 is 0 Å². The van der Waals surface area contributed by atoms with Crippen LogP contribution in [0.1, 0.15) is 20.8 Å². The van der Waals surface area contributed by atoms with Crippen molar-refractivity contribution < 1.29 is 0 Å². The zero-order chi connectivity index (χ0) is 6.62. The summed E-state index contributed by atoms with van der Waals surface area (Å²) in [6, 6.07) is 0. The summed E-state index contributed by atoms with van der Waals surface area (Å²) in [6.07, 6.45) is 4.24. The lowest BCUT2D eigenvalue weighted by molar-refractivity contribution is 0.543. The van der Waals surface area contributed by atoms with Crippen LogP contribution in [0.3, 0.4) is 0 Å². The van der Waals surface area contributed by atoms with Crippen molar-refractivity contribution in [2.24, 2.45) is 5.41 Å². The van der Waals surface area contributed by atoms with E-state index < -0.39 is 0 Å². The van der Waals surface area contributed by atoms with E-state index in [-0.39, 0.29) is 0 Å². The van der Waals surface area contributed by atoms with Gasteiger partial charge in [-0.1, -0.05) is 32.9 Å². The Kier molecular flexibility index (Phi) is 3.22. The van der Waals surface area contributed by atoms with E-state index in [9.17, 15) is 0 Å². The van der Waals surface area contributed by atoms with Crippen LogP contribution in [0, 0.1) is 5.41 Å². The predicted octanol–water partition coefficient (Wildman–Crippen LogP) is 2.52. The van der Waals surface area contributed by atoms with Crippen molar-refractivity contribution in [3.05, 3.63) is 12.2 Å². The number of allylic oxidation sites excluding steroid dienone is 1. The molecule has 0 rings (SSSR count). The van der Waals surface area contributed by atoms with Crippen molar-refractivity contribution in [1.82, 2.24) is 0 Å². The fourth-order valence-electron chi connectivity index (χ4n) is 0.406. The zero-order valence-corrected chi connectivity index (χ0v) is 6.70. The van der Waals surface area contributed by atoms with Crippen molar-refractivity contribution in [2.75, 3.05) is 5.75 Å². The lowest BCUT2D eigenvalue weighted by Crippen LogP contribution is -1.98. The van der Waals surface area contributed by atoms with E-state index in [1.54, 1.807) is 0 Å². The van der Waals surface area contributed by atoms with Gasteiger partial charge >= 0.3 is 0 Å². The Morgan fingerprint density at radius 3 is 2.00 bits per heavy atom. The van der Waals surface area contributed by atoms with Gasteiger partial charge in [-0.05, 0) is 5.41 Å². The quantitative estimate of drug-likeness (QED) is 0.409. The molecule has 0 nitrogen and oxygen atoms in total. The first kappa shape index (κ1) is 8.09. The van der Waals surface area contributed by atoms with Crippen molar-refractivity contribution in [1.29, 1.82) is 0 Å². The summed E-state index contributed by atoms with van der Waals surface area (Å²) in [4.78, 5) is 0. The van der Waals surface area contributed by atoms with E-state index in [2.05, 4.69) is 45.6 Å². The average molecular weight is 130 g/mol. The van der Waals surface area contributed by atoms with Crippen LogP contribution in [0.15, 0.2) is 12.2 Å². The molecule has 0 atom stereocenters. The molecule has 48 valence electrons. The Hall–Kier alpha value is 0.0900. The topological polar surface area (TPSA) is 0 Å². The van der Waals surface area contributed by atoms with Gasteiger partial charge in [-0.25, -0.2) is 0 Å². The van der Waals surface area contributed by atoms with Crippen molar-refractivity contribution in [3.8, 4) is 0 Å². The molecule has 0 unspecified atom stereocenters. The minimum Gasteiger partial charge on any atom is -0.175 e. The molecule has 0 saturated heterocycles. The highest BCUT2D eigenvalue weighted by atomic mass is 32.1. The Balaban J connectivity index is 3.52. The molecule has 0 aliphatic rings. The molecule has 0 fully saturated rings. The van der Waals surface area contributed by atoms with E-state index in [1.165, 1.54) is 0 Å². The molecule has 0 aromatic carbocycles. The molecule has 0 aromatic heterocycles. The van der Waals surface area contributed by atoms with E-state index in [4.69, 9.17) is 0 Å². The van der Waals surface area contributed by atoms with Crippen LogP contribution in [0.5, 0.6) is 0 Å². The average Bonchev–Trinajstić information content (AvgIpc) is 1.59. The largest absolute Gasteiger partial charge is 0.175 e. The lowest BCUT2D eigenvalue weighted by Gasteiger charge is -2.09. The van der Waals surface area contributed by atoms with Gasteiger partial charge in [-0.2, -0.15) is 12.6 Å². The van der Waals surface area contributed by atoms with Crippen LogP contribution in [-0.4, -0.2) is 5.75 Å². The minimum absolute atomic E-state index is 0.322. The maximum Gasteiger partial charge on any atom is 0.00827 e. The SMILES string of the molecule is CC(C)(C)/C=C\CS. The van der Waals surface area contributed by atoms with Crippen molar-refractivity contribution >= 4 is 12.6 Å². The fraction of sp³-hybridized carbons (Fsp3) is 0.714. The Morgan fingerprint density at radius 2 is 1.88 bits per heavy atom. The lowest BCUT2D eigenvalue weighted by atomic mass is 9.97. The maximum absolute atomic E-state index is 4.05. The number of rotatable bonds is 1. The zero-order valence-electron chi connectivity index (χ0n) is 5.81. The molecule has 0 radical (unpaired) electrons. The van der Waals surface area contributed by atoms with Crippen molar-refractivity contribution in [3.63, 3.8) is 0 Å². The van der Waals surface area contributed by atoms with Gasteiger partial charge in [-0.3, -0.25) is 0 Å². The highest BCUT2D eigenvalue weighted by Crippen LogP contribution is 2.13. The van der Waals surface area contributed by atoms with Gasteiger partial charge in [0.25, 0.3) is 0 Å². The van der Waals surface area contributed by atoms with E-state index in [1.807, 2.05) is 0 Å². The standard InChI is InChI=1S/C7H14S/c1-7(2,3)5-4-6-8/h4-5,8H,6H2,1-3H3/b5-4-. The molecule has 0 spiro atoms. The van der Waals surface area contributed by atoms with E-state index in [0.717, 1.165) is 5.75 Å². The molecule has 0 heterocycles. The van der Waals surface area contributed by atoms with Crippen LogP contribution >= 0.6 is 12.6 Å². The predicted molar refractivity (Wildman–Crippen MR) is 42.4 cm³/mol. The monoisotopic (exact) mass is 130 g/mol. The Labute approximate surface area is 57.4 Å². The van der Waals surface area contributed by atoms with Crippen LogP contribution in [0.25, 0.3) is 0 Å². The number of hydrogen-bond donors (Lipinski definition) is 1. The molecule has 8 heavy (non-hydrogen) atoms. The molecule has 0 bridgehead atoms. The third kappa shape index (κ3) is 6.09. The molecular weight excluding hydrogens is 116 g/mol. The Morgan fingerprint density at radius 1 is 1.38 bits per heavy atom. The van der Waals surface area contributed by atoms with Crippen LogP contribution in [0.2, 0.25) is 0 Å². The molecule has 0 saturated carbocycles. The summed E-state index contributed by atoms with van der Waals surface area (Å²) in [6.45, 7) is 6.52.